The number of benzene rings is 1. The molecule has 23 heavy (non-hydrogen) atoms. The molecule has 3 atom stereocenters. The maximum absolute atomic E-state index is 12.3. The average molecular weight is 335 g/mol. The van der Waals surface area contributed by atoms with Gasteiger partial charge in [0.05, 0.1) is 0 Å². The lowest BCUT2D eigenvalue weighted by Crippen LogP contribution is -2.51. The SMILES string of the molecule is CC[C@@H]1CN(C(=O)C2CC2)CC[C@@H]1N[C@H](C)c1ccccc1Cl. The molecule has 1 amide bonds. The van der Waals surface area contributed by atoms with Crippen LogP contribution in [0.5, 0.6) is 0 Å². The van der Waals surface area contributed by atoms with E-state index >= 15 is 0 Å². The molecule has 1 saturated carbocycles. The van der Waals surface area contributed by atoms with E-state index in [2.05, 4.69) is 30.1 Å². The van der Waals surface area contributed by atoms with Crippen molar-refractivity contribution in [3.63, 3.8) is 0 Å². The normalized spacial score (nSPS) is 26.1. The van der Waals surface area contributed by atoms with E-state index < -0.39 is 0 Å². The van der Waals surface area contributed by atoms with Gasteiger partial charge in [-0.3, -0.25) is 4.79 Å². The summed E-state index contributed by atoms with van der Waals surface area (Å²) in [7, 11) is 0. The Bertz CT molecular complexity index is 558. The average Bonchev–Trinajstić information content (AvgIpc) is 3.39. The third kappa shape index (κ3) is 3.89. The Hall–Kier alpha value is -1.06. The third-order valence-electron chi connectivity index (χ3n) is 5.33. The summed E-state index contributed by atoms with van der Waals surface area (Å²) in [6.45, 7) is 6.19. The number of nitrogens with one attached hydrogen (secondary N) is 1. The summed E-state index contributed by atoms with van der Waals surface area (Å²) in [5.41, 5.74) is 1.15. The van der Waals surface area contributed by atoms with Crippen LogP contribution in [-0.2, 0) is 4.79 Å². The lowest BCUT2D eigenvalue weighted by molar-refractivity contribution is -0.134. The number of hydrogen-bond donors (Lipinski definition) is 1. The number of nitrogens with zero attached hydrogens (tertiary/aromatic N) is 1. The van der Waals surface area contributed by atoms with E-state index in [1.165, 1.54) is 0 Å². The number of hydrogen-bond acceptors (Lipinski definition) is 2. The van der Waals surface area contributed by atoms with Crippen LogP contribution in [0.1, 0.15) is 51.1 Å². The highest BCUT2D eigenvalue weighted by molar-refractivity contribution is 6.31. The molecule has 1 aliphatic carbocycles. The molecule has 3 nitrogen and oxygen atoms in total. The minimum atomic E-state index is 0.230. The zero-order valence-electron chi connectivity index (χ0n) is 14.1. The van der Waals surface area contributed by atoms with Gasteiger partial charge in [0.2, 0.25) is 5.91 Å². The Labute approximate surface area is 144 Å². The van der Waals surface area contributed by atoms with Crippen molar-refractivity contribution in [2.45, 2.75) is 51.6 Å². The second-order valence-electron chi connectivity index (χ2n) is 7.03. The van der Waals surface area contributed by atoms with Gasteiger partial charge >= 0.3 is 0 Å². The van der Waals surface area contributed by atoms with Crippen LogP contribution in [0.25, 0.3) is 0 Å². The van der Waals surface area contributed by atoms with Crippen molar-refractivity contribution in [2.24, 2.45) is 11.8 Å². The molecule has 0 aromatic heterocycles. The summed E-state index contributed by atoms with van der Waals surface area (Å²) in [4.78, 5) is 14.4. The van der Waals surface area contributed by atoms with Crippen molar-refractivity contribution < 1.29 is 4.79 Å². The predicted molar refractivity (Wildman–Crippen MR) is 94.5 cm³/mol. The van der Waals surface area contributed by atoms with E-state index in [4.69, 9.17) is 11.6 Å². The highest BCUT2D eigenvalue weighted by atomic mass is 35.5. The molecule has 126 valence electrons. The lowest BCUT2D eigenvalue weighted by Gasteiger charge is -2.40. The molecular formula is C19H27ClN2O. The first-order chi connectivity index (χ1) is 11.1. The maximum Gasteiger partial charge on any atom is 0.225 e. The van der Waals surface area contributed by atoms with Crippen LogP contribution in [0.3, 0.4) is 0 Å². The highest BCUT2D eigenvalue weighted by Crippen LogP contribution is 2.33. The fourth-order valence-electron chi connectivity index (χ4n) is 3.69. The topological polar surface area (TPSA) is 32.3 Å². The number of carbonyl (C=O) groups excluding carboxylic acids is 1. The van der Waals surface area contributed by atoms with Crippen molar-refractivity contribution >= 4 is 17.5 Å². The van der Waals surface area contributed by atoms with Gasteiger partial charge in [-0.15, -0.1) is 0 Å². The van der Waals surface area contributed by atoms with Crippen LogP contribution < -0.4 is 5.32 Å². The van der Waals surface area contributed by atoms with Crippen molar-refractivity contribution in [1.82, 2.24) is 10.2 Å². The molecule has 4 heteroatoms. The fourth-order valence-corrected chi connectivity index (χ4v) is 3.99. The highest BCUT2D eigenvalue weighted by Gasteiger charge is 2.37. The van der Waals surface area contributed by atoms with Gasteiger partial charge in [0.1, 0.15) is 0 Å². The molecule has 0 bridgehead atoms. The van der Waals surface area contributed by atoms with Gasteiger partial charge < -0.3 is 10.2 Å². The van der Waals surface area contributed by atoms with Gasteiger partial charge in [0.25, 0.3) is 0 Å². The van der Waals surface area contributed by atoms with Crippen LogP contribution >= 0.6 is 11.6 Å². The number of rotatable bonds is 5. The first kappa shape index (κ1) is 16.8. The van der Waals surface area contributed by atoms with Gasteiger partial charge in [-0.05, 0) is 43.7 Å². The molecule has 1 heterocycles. The van der Waals surface area contributed by atoms with Crippen LogP contribution in [0.4, 0.5) is 0 Å². The Kier molecular flexibility index (Phi) is 5.27. The van der Waals surface area contributed by atoms with Crippen LogP contribution in [-0.4, -0.2) is 29.9 Å². The molecule has 2 aliphatic rings. The largest absolute Gasteiger partial charge is 0.342 e. The predicted octanol–water partition coefficient (Wildman–Crippen LogP) is 4.03. The Morgan fingerprint density at radius 1 is 1.35 bits per heavy atom. The van der Waals surface area contributed by atoms with Gasteiger partial charge in [0, 0.05) is 36.1 Å². The molecule has 1 N–H and O–H groups in total. The zero-order valence-corrected chi connectivity index (χ0v) is 14.9. The summed E-state index contributed by atoms with van der Waals surface area (Å²) in [5.74, 6) is 1.25. The molecule has 3 rings (SSSR count). The van der Waals surface area contributed by atoms with Gasteiger partial charge in [-0.1, -0.05) is 43.1 Å². The summed E-state index contributed by atoms with van der Waals surface area (Å²) in [6, 6.07) is 8.72. The monoisotopic (exact) mass is 334 g/mol. The van der Waals surface area contributed by atoms with Crippen LogP contribution in [0.15, 0.2) is 24.3 Å². The summed E-state index contributed by atoms with van der Waals surface area (Å²) in [5, 5.41) is 4.58. The third-order valence-corrected chi connectivity index (χ3v) is 5.68. The van der Waals surface area contributed by atoms with E-state index in [1.807, 2.05) is 18.2 Å². The zero-order chi connectivity index (χ0) is 16.4. The molecule has 1 saturated heterocycles. The van der Waals surface area contributed by atoms with E-state index in [0.29, 0.717) is 23.8 Å². The first-order valence-corrected chi connectivity index (χ1v) is 9.27. The minimum Gasteiger partial charge on any atom is -0.342 e. The quantitative estimate of drug-likeness (QED) is 0.881. The molecule has 1 aliphatic heterocycles. The number of amides is 1. The number of halogens is 1. The Morgan fingerprint density at radius 3 is 2.74 bits per heavy atom. The molecular weight excluding hydrogens is 308 g/mol. The van der Waals surface area contributed by atoms with E-state index in [-0.39, 0.29) is 6.04 Å². The molecule has 0 unspecified atom stereocenters. The fraction of sp³-hybridized carbons (Fsp3) is 0.632. The smallest absolute Gasteiger partial charge is 0.225 e. The second kappa shape index (κ2) is 7.23. The van der Waals surface area contributed by atoms with E-state index in [0.717, 1.165) is 49.4 Å². The van der Waals surface area contributed by atoms with Crippen molar-refractivity contribution in [1.29, 1.82) is 0 Å². The van der Waals surface area contributed by atoms with Crippen molar-refractivity contribution in [3.05, 3.63) is 34.9 Å². The number of likely N-dealkylation sites (tertiary alicyclic amines) is 1. The standard InChI is InChI=1S/C19H27ClN2O/c1-3-14-12-22(19(23)15-8-9-15)11-10-18(14)21-13(2)16-6-4-5-7-17(16)20/h4-7,13-15,18,21H,3,8-12H2,1-2H3/t13-,14-,18+/m1/s1. The molecule has 0 spiro atoms. The molecule has 0 radical (unpaired) electrons. The number of piperidine rings is 1. The molecule has 2 fully saturated rings. The Morgan fingerprint density at radius 2 is 2.09 bits per heavy atom. The second-order valence-corrected chi connectivity index (χ2v) is 7.44. The van der Waals surface area contributed by atoms with E-state index in [9.17, 15) is 4.79 Å². The van der Waals surface area contributed by atoms with Gasteiger partial charge in [0.15, 0.2) is 0 Å². The van der Waals surface area contributed by atoms with Crippen molar-refractivity contribution in [3.8, 4) is 0 Å². The minimum absolute atomic E-state index is 0.230. The van der Waals surface area contributed by atoms with Crippen molar-refractivity contribution in [2.75, 3.05) is 13.1 Å². The van der Waals surface area contributed by atoms with Crippen LogP contribution in [0.2, 0.25) is 5.02 Å². The number of carbonyl (C=O) groups is 1. The Balaban J connectivity index is 1.61. The van der Waals surface area contributed by atoms with E-state index in [1.54, 1.807) is 0 Å². The van der Waals surface area contributed by atoms with Gasteiger partial charge in [-0.2, -0.15) is 0 Å². The summed E-state index contributed by atoms with van der Waals surface area (Å²) >= 11 is 6.32. The first-order valence-electron chi connectivity index (χ1n) is 8.89. The molecule has 1 aromatic carbocycles. The lowest BCUT2D eigenvalue weighted by atomic mass is 9.88. The molecule has 1 aromatic rings. The van der Waals surface area contributed by atoms with Crippen LogP contribution in [0, 0.1) is 11.8 Å². The van der Waals surface area contributed by atoms with Gasteiger partial charge in [-0.25, -0.2) is 0 Å². The maximum atomic E-state index is 12.3. The summed E-state index contributed by atoms with van der Waals surface area (Å²) in [6.07, 6.45) is 4.32. The summed E-state index contributed by atoms with van der Waals surface area (Å²) < 4.78 is 0.